The van der Waals surface area contributed by atoms with Crippen molar-refractivity contribution >= 4 is 11.6 Å². The molecule has 0 saturated carbocycles. The minimum absolute atomic E-state index is 0.104. The fourth-order valence-electron chi connectivity index (χ4n) is 2.88. The summed E-state index contributed by atoms with van der Waals surface area (Å²) in [5.41, 5.74) is 2.10. The van der Waals surface area contributed by atoms with Gasteiger partial charge in [-0.2, -0.15) is 0 Å². The minimum atomic E-state index is -0.104. The molecule has 94 valence electrons. The van der Waals surface area contributed by atoms with Crippen molar-refractivity contribution in [2.45, 2.75) is 19.3 Å². The van der Waals surface area contributed by atoms with Crippen molar-refractivity contribution < 1.29 is 4.79 Å². The first kappa shape index (κ1) is 11.6. The summed E-state index contributed by atoms with van der Waals surface area (Å²) >= 11 is 0. The lowest BCUT2D eigenvalue weighted by molar-refractivity contribution is -0.113. The smallest absolute Gasteiger partial charge is 0.269 e. The Bertz CT molecular complexity index is 465. The van der Waals surface area contributed by atoms with E-state index in [2.05, 4.69) is 16.0 Å². The summed E-state index contributed by atoms with van der Waals surface area (Å²) in [6.45, 7) is 3.22. The van der Waals surface area contributed by atoms with E-state index in [1.807, 2.05) is 18.2 Å². The number of hydrogen-bond acceptors (Lipinski definition) is 2. The van der Waals surface area contributed by atoms with Crippen LogP contribution in [0.4, 0.5) is 0 Å². The lowest BCUT2D eigenvalue weighted by Gasteiger charge is -2.31. The molecule has 1 atom stereocenters. The average molecular weight is 242 g/mol. The number of rotatable bonds is 2. The van der Waals surface area contributed by atoms with Crippen LogP contribution in [0.3, 0.4) is 0 Å². The quantitative estimate of drug-likeness (QED) is 0.743. The van der Waals surface area contributed by atoms with Gasteiger partial charge in [0.2, 0.25) is 0 Å². The Morgan fingerprint density at radius 2 is 2.06 bits per heavy atom. The Kier molecular flexibility index (Phi) is 3.24. The van der Waals surface area contributed by atoms with Crippen LogP contribution in [0.15, 0.2) is 40.9 Å². The predicted molar refractivity (Wildman–Crippen MR) is 72.6 cm³/mol. The van der Waals surface area contributed by atoms with Crippen molar-refractivity contribution in [3.63, 3.8) is 0 Å². The van der Waals surface area contributed by atoms with Crippen molar-refractivity contribution in [2.24, 2.45) is 10.9 Å². The first-order valence-electron chi connectivity index (χ1n) is 6.73. The Morgan fingerprint density at radius 1 is 1.22 bits per heavy atom. The molecule has 0 aromatic heterocycles. The molecule has 0 N–H and O–H groups in total. The highest BCUT2D eigenvalue weighted by Crippen LogP contribution is 2.25. The summed E-state index contributed by atoms with van der Waals surface area (Å²) in [5, 5.41) is 0. The van der Waals surface area contributed by atoms with Crippen LogP contribution in [-0.2, 0) is 4.79 Å². The third-order valence-electron chi connectivity index (χ3n) is 3.80. The van der Waals surface area contributed by atoms with E-state index < -0.39 is 0 Å². The Morgan fingerprint density at radius 3 is 2.89 bits per heavy atom. The van der Waals surface area contributed by atoms with Gasteiger partial charge < -0.3 is 0 Å². The van der Waals surface area contributed by atoms with Gasteiger partial charge >= 0.3 is 0 Å². The van der Waals surface area contributed by atoms with Crippen molar-refractivity contribution in [1.29, 1.82) is 0 Å². The Labute approximate surface area is 108 Å². The number of fused-ring (bicyclic) bond motifs is 1. The van der Waals surface area contributed by atoms with Gasteiger partial charge in [-0.05, 0) is 37.6 Å². The van der Waals surface area contributed by atoms with E-state index in [1.54, 1.807) is 6.08 Å². The van der Waals surface area contributed by atoms with Crippen LogP contribution in [0.2, 0.25) is 0 Å². The number of likely N-dealkylation sites (tertiary alicyclic amines) is 1. The molecule has 0 bridgehead atoms. The monoisotopic (exact) mass is 242 g/mol. The van der Waals surface area contributed by atoms with Gasteiger partial charge in [-0.15, -0.1) is 0 Å². The van der Waals surface area contributed by atoms with E-state index in [0.717, 1.165) is 25.3 Å². The number of carbonyl (C=O) groups excluding carboxylic acids is 1. The van der Waals surface area contributed by atoms with Gasteiger partial charge in [0.25, 0.3) is 5.91 Å². The first-order chi connectivity index (χ1) is 8.83. The normalized spacial score (nSPS) is 27.8. The number of aliphatic imine (C=N–C) groups is 1. The summed E-state index contributed by atoms with van der Waals surface area (Å²) in [5.74, 6) is 0.114. The molecule has 3 nitrogen and oxygen atoms in total. The number of hydrogen-bond donors (Lipinski definition) is 0. The first-order valence-corrected chi connectivity index (χ1v) is 6.73. The van der Waals surface area contributed by atoms with E-state index >= 15 is 0 Å². The summed E-state index contributed by atoms with van der Waals surface area (Å²) in [4.78, 5) is 18.2. The molecule has 1 unspecified atom stereocenters. The average Bonchev–Trinajstić information content (AvgIpc) is 2.40. The standard InChI is InChI=1S/C15H18N2O/c18-15-10-12(11-17-8-4-1-5-9-17)13-6-2-3-7-14(13)16-15/h2-3,6-7,10,13H,1,4-5,8-9,11H2. The molecule has 2 aliphatic heterocycles. The van der Waals surface area contributed by atoms with Gasteiger partial charge in [0.1, 0.15) is 0 Å². The zero-order valence-electron chi connectivity index (χ0n) is 10.5. The van der Waals surface area contributed by atoms with Crippen molar-refractivity contribution in [1.82, 2.24) is 4.90 Å². The van der Waals surface area contributed by atoms with Crippen LogP contribution in [0.1, 0.15) is 19.3 Å². The SMILES string of the molecule is O=C1C=C(CN2CCCCC2)C2C=CC=CC2=N1. The van der Waals surface area contributed by atoms with E-state index in [4.69, 9.17) is 0 Å². The largest absolute Gasteiger partial charge is 0.299 e. The zero-order chi connectivity index (χ0) is 12.4. The highest BCUT2D eigenvalue weighted by atomic mass is 16.1. The number of carbonyl (C=O) groups is 1. The van der Waals surface area contributed by atoms with Crippen molar-refractivity contribution in [3.8, 4) is 0 Å². The zero-order valence-corrected chi connectivity index (χ0v) is 10.5. The molecule has 3 rings (SSSR count). The number of piperidine rings is 1. The maximum absolute atomic E-state index is 11.6. The maximum atomic E-state index is 11.6. The van der Waals surface area contributed by atoms with Crippen LogP contribution in [-0.4, -0.2) is 36.2 Å². The van der Waals surface area contributed by atoms with E-state index in [-0.39, 0.29) is 11.8 Å². The summed E-state index contributed by atoms with van der Waals surface area (Å²) in [6, 6.07) is 0. The van der Waals surface area contributed by atoms with Crippen LogP contribution < -0.4 is 0 Å². The van der Waals surface area contributed by atoms with Gasteiger partial charge in [-0.25, -0.2) is 4.99 Å². The molecule has 2 heterocycles. The highest BCUT2D eigenvalue weighted by molar-refractivity contribution is 6.12. The van der Waals surface area contributed by atoms with Gasteiger partial charge in [-0.1, -0.05) is 24.6 Å². The fourth-order valence-corrected chi connectivity index (χ4v) is 2.88. The van der Waals surface area contributed by atoms with Gasteiger partial charge in [0.15, 0.2) is 0 Å². The van der Waals surface area contributed by atoms with Crippen LogP contribution in [0, 0.1) is 5.92 Å². The molecule has 1 fully saturated rings. The Hall–Kier alpha value is -1.48. The molecule has 0 aromatic rings. The second-order valence-corrected chi connectivity index (χ2v) is 5.15. The Balaban J connectivity index is 1.76. The number of nitrogens with zero attached hydrogens (tertiary/aromatic N) is 2. The molecule has 1 aliphatic carbocycles. The third-order valence-corrected chi connectivity index (χ3v) is 3.80. The van der Waals surface area contributed by atoms with Crippen LogP contribution in [0.5, 0.6) is 0 Å². The molecule has 3 heteroatoms. The molecule has 18 heavy (non-hydrogen) atoms. The van der Waals surface area contributed by atoms with Gasteiger partial charge in [0, 0.05) is 18.5 Å². The van der Waals surface area contributed by atoms with Crippen molar-refractivity contribution in [3.05, 3.63) is 36.0 Å². The van der Waals surface area contributed by atoms with Crippen LogP contribution in [0.25, 0.3) is 0 Å². The molecule has 1 amide bonds. The lowest BCUT2D eigenvalue weighted by atomic mass is 9.87. The molecule has 0 aromatic carbocycles. The molecule has 0 radical (unpaired) electrons. The number of allylic oxidation sites excluding steroid dienone is 4. The van der Waals surface area contributed by atoms with Gasteiger partial charge in [0.05, 0.1) is 5.71 Å². The van der Waals surface area contributed by atoms with Crippen molar-refractivity contribution in [2.75, 3.05) is 19.6 Å². The predicted octanol–water partition coefficient (Wildman–Crippen LogP) is 2.12. The molecular formula is C15H18N2O. The van der Waals surface area contributed by atoms with Gasteiger partial charge in [-0.3, -0.25) is 9.69 Å². The molecule has 0 spiro atoms. The topological polar surface area (TPSA) is 32.7 Å². The summed E-state index contributed by atoms with van der Waals surface area (Å²) < 4.78 is 0. The maximum Gasteiger partial charge on any atom is 0.269 e. The second kappa shape index (κ2) is 5.02. The fraction of sp³-hybridized carbons (Fsp3) is 0.467. The molecular weight excluding hydrogens is 224 g/mol. The number of amides is 1. The third kappa shape index (κ3) is 2.36. The second-order valence-electron chi connectivity index (χ2n) is 5.15. The molecule has 3 aliphatic rings. The van der Waals surface area contributed by atoms with E-state index in [1.165, 1.54) is 24.8 Å². The summed E-state index contributed by atoms with van der Waals surface area (Å²) in [7, 11) is 0. The van der Waals surface area contributed by atoms with E-state index in [9.17, 15) is 4.79 Å². The number of dihydropyridines is 1. The van der Waals surface area contributed by atoms with E-state index in [0.29, 0.717) is 0 Å². The summed E-state index contributed by atoms with van der Waals surface area (Å²) in [6.07, 6.45) is 13.7. The highest BCUT2D eigenvalue weighted by Gasteiger charge is 2.25. The lowest BCUT2D eigenvalue weighted by Crippen LogP contribution is -2.35. The minimum Gasteiger partial charge on any atom is -0.299 e. The molecule has 1 saturated heterocycles. The van der Waals surface area contributed by atoms with Crippen LogP contribution >= 0.6 is 0 Å².